The SMILES string of the molecule is COCCC(=O)N1CCC(c2cc(Nc3ccccn3)cc(C)n2)CC1. The van der Waals surface area contributed by atoms with Crippen molar-refractivity contribution in [3.63, 3.8) is 0 Å². The third-order valence-corrected chi connectivity index (χ3v) is 4.70. The molecule has 26 heavy (non-hydrogen) atoms. The number of likely N-dealkylation sites (tertiary alicyclic amines) is 1. The Morgan fingerprint density at radius 2 is 2.12 bits per heavy atom. The average molecular weight is 354 g/mol. The molecular weight excluding hydrogens is 328 g/mol. The van der Waals surface area contributed by atoms with Crippen LogP contribution < -0.4 is 5.32 Å². The highest BCUT2D eigenvalue weighted by molar-refractivity contribution is 5.76. The van der Waals surface area contributed by atoms with Gasteiger partial charge < -0.3 is 15.0 Å². The molecular formula is C20H26N4O2. The molecule has 6 nitrogen and oxygen atoms in total. The molecule has 0 spiro atoms. The van der Waals surface area contributed by atoms with Gasteiger partial charge in [-0.2, -0.15) is 0 Å². The molecule has 3 rings (SSSR count). The van der Waals surface area contributed by atoms with Gasteiger partial charge in [-0.25, -0.2) is 4.98 Å². The summed E-state index contributed by atoms with van der Waals surface area (Å²) < 4.78 is 5.00. The number of amides is 1. The van der Waals surface area contributed by atoms with Crippen molar-refractivity contribution in [3.8, 4) is 0 Å². The van der Waals surface area contributed by atoms with Crippen molar-refractivity contribution in [3.05, 3.63) is 47.9 Å². The average Bonchev–Trinajstić information content (AvgIpc) is 2.66. The number of rotatable bonds is 6. The summed E-state index contributed by atoms with van der Waals surface area (Å²) in [6.07, 6.45) is 4.12. The van der Waals surface area contributed by atoms with E-state index in [9.17, 15) is 4.79 Å². The van der Waals surface area contributed by atoms with Crippen LogP contribution in [0.25, 0.3) is 0 Å². The van der Waals surface area contributed by atoms with Crippen molar-refractivity contribution in [2.45, 2.75) is 32.1 Å². The fraction of sp³-hybridized carbons (Fsp3) is 0.450. The van der Waals surface area contributed by atoms with E-state index in [1.807, 2.05) is 36.1 Å². The van der Waals surface area contributed by atoms with Crippen molar-refractivity contribution in [2.24, 2.45) is 0 Å². The van der Waals surface area contributed by atoms with Crippen LogP contribution in [-0.2, 0) is 9.53 Å². The van der Waals surface area contributed by atoms with E-state index >= 15 is 0 Å². The quantitative estimate of drug-likeness (QED) is 0.862. The summed E-state index contributed by atoms with van der Waals surface area (Å²) in [5, 5.41) is 3.34. The topological polar surface area (TPSA) is 67.3 Å². The van der Waals surface area contributed by atoms with E-state index in [0.717, 1.165) is 48.8 Å². The number of anilines is 2. The fourth-order valence-electron chi connectivity index (χ4n) is 3.33. The number of aromatic nitrogens is 2. The highest BCUT2D eigenvalue weighted by Gasteiger charge is 2.24. The Hall–Kier alpha value is -2.47. The van der Waals surface area contributed by atoms with Crippen LogP contribution in [0.15, 0.2) is 36.5 Å². The first-order valence-corrected chi connectivity index (χ1v) is 9.09. The number of hydrogen-bond donors (Lipinski definition) is 1. The van der Waals surface area contributed by atoms with Gasteiger partial charge in [0.25, 0.3) is 0 Å². The second-order valence-electron chi connectivity index (χ2n) is 6.66. The van der Waals surface area contributed by atoms with E-state index in [4.69, 9.17) is 9.72 Å². The van der Waals surface area contributed by atoms with Crippen LogP contribution in [0.1, 0.15) is 36.6 Å². The van der Waals surface area contributed by atoms with E-state index in [-0.39, 0.29) is 5.91 Å². The second-order valence-corrected chi connectivity index (χ2v) is 6.66. The van der Waals surface area contributed by atoms with Gasteiger partial charge in [-0.15, -0.1) is 0 Å². The normalized spacial score (nSPS) is 15.1. The van der Waals surface area contributed by atoms with Gasteiger partial charge in [0.05, 0.1) is 13.0 Å². The van der Waals surface area contributed by atoms with Crippen molar-refractivity contribution in [1.29, 1.82) is 0 Å². The minimum Gasteiger partial charge on any atom is -0.384 e. The molecule has 1 amide bonds. The van der Waals surface area contributed by atoms with Crippen molar-refractivity contribution in [2.75, 3.05) is 32.1 Å². The molecule has 0 aliphatic carbocycles. The van der Waals surface area contributed by atoms with Crippen LogP contribution in [0.5, 0.6) is 0 Å². The zero-order valence-electron chi connectivity index (χ0n) is 15.4. The summed E-state index contributed by atoms with van der Waals surface area (Å²) in [6.45, 7) is 4.06. The number of methoxy groups -OCH3 is 1. The van der Waals surface area contributed by atoms with Gasteiger partial charge in [-0.3, -0.25) is 9.78 Å². The van der Waals surface area contributed by atoms with Gasteiger partial charge in [-0.1, -0.05) is 6.07 Å². The minimum atomic E-state index is 0.181. The maximum absolute atomic E-state index is 12.1. The molecule has 0 saturated carbocycles. The lowest BCUT2D eigenvalue weighted by molar-refractivity contribution is -0.133. The van der Waals surface area contributed by atoms with E-state index in [2.05, 4.69) is 16.4 Å². The third kappa shape index (κ3) is 4.79. The van der Waals surface area contributed by atoms with Crippen LogP contribution in [0, 0.1) is 6.92 Å². The molecule has 0 aromatic carbocycles. The number of hydrogen-bond acceptors (Lipinski definition) is 5. The van der Waals surface area contributed by atoms with E-state index in [1.165, 1.54) is 0 Å². The molecule has 0 bridgehead atoms. The van der Waals surface area contributed by atoms with Crippen LogP contribution in [0.2, 0.25) is 0 Å². The number of pyridine rings is 2. The summed E-state index contributed by atoms with van der Waals surface area (Å²) in [5.74, 6) is 1.38. The van der Waals surface area contributed by atoms with E-state index in [1.54, 1.807) is 13.3 Å². The van der Waals surface area contributed by atoms with Crippen molar-refractivity contribution in [1.82, 2.24) is 14.9 Å². The molecule has 1 saturated heterocycles. The van der Waals surface area contributed by atoms with Crippen LogP contribution in [-0.4, -0.2) is 47.6 Å². The van der Waals surface area contributed by atoms with Crippen LogP contribution in [0.4, 0.5) is 11.5 Å². The molecule has 6 heteroatoms. The molecule has 1 N–H and O–H groups in total. The Kier molecular flexibility index (Phi) is 6.17. The van der Waals surface area contributed by atoms with Gasteiger partial charge >= 0.3 is 0 Å². The summed E-state index contributed by atoms with van der Waals surface area (Å²) in [5.41, 5.74) is 3.08. The third-order valence-electron chi connectivity index (χ3n) is 4.70. The zero-order valence-corrected chi connectivity index (χ0v) is 15.4. The molecule has 2 aromatic rings. The number of nitrogens with one attached hydrogen (secondary N) is 1. The number of carbonyl (C=O) groups is 1. The number of aryl methyl sites for hydroxylation is 1. The predicted octanol–water partition coefficient (Wildman–Crippen LogP) is 3.27. The number of nitrogens with zero attached hydrogens (tertiary/aromatic N) is 3. The lowest BCUT2D eigenvalue weighted by Gasteiger charge is -2.32. The second kappa shape index (κ2) is 8.76. The Morgan fingerprint density at radius 1 is 1.31 bits per heavy atom. The maximum atomic E-state index is 12.1. The van der Waals surface area contributed by atoms with Crippen molar-refractivity contribution >= 4 is 17.4 Å². The lowest BCUT2D eigenvalue weighted by Crippen LogP contribution is -2.38. The largest absolute Gasteiger partial charge is 0.384 e. The molecule has 0 atom stereocenters. The van der Waals surface area contributed by atoms with Gasteiger partial charge in [0.15, 0.2) is 0 Å². The van der Waals surface area contributed by atoms with Crippen LogP contribution in [0.3, 0.4) is 0 Å². The summed E-state index contributed by atoms with van der Waals surface area (Å²) in [6, 6.07) is 9.94. The Bertz CT molecular complexity index is 728. The Balaban J connectivity index is 1.64. The standard InChI is InChI=1S/C20H26N4O2/c1-15-13-17(23-19-5-3-4-9-21-19)14-18(22-15)16-6-10-24(11-7-16)20(25)8-12-26-2/h3-5,9,13-14,16H,6-8,10-12H2,1-2H3,(H,21,22,23). The highest BCUT2D eigenvalue weighted by Crippen LogP contribution is 2.29. The molecule has 2 aromatic heterocycles. The van der Waals surface area contributed by atoms with Gasteiger partial charge in [-0.05, 0) is 44.0 Å². The first kappa shape index (κ1) is 18.3. The minimum absolute atomic E-state index is 0.181. The molecule has 0 radical (unpaired) electrons. The lowest BCUT2D eigenvalue weighted by atomic mass is 9.92. The molecule has 1 aliphatic rings. The van der Waals surface area contributed by atoms with Gasteiger partial charge in [0.2, 0.25) is 5.91 Å². The summed E-state index contributed by atoms with van der Waals surface area (Å²) >= 11 is 0. The maximum Gasteiger partial charge on any atom is 0.224 e. The summed E-state index contributed by atoms with van der Waals surface area (Å²) in [7, 11) is 1.62. The smallest absolute Gasteiger partial charge is 0.224 e. The fourth-order valence-corrected chi connectivity index (χ4v) is 3.33. The molecule has 138 valence electrons. The van der Waals surface area contributed by atoms with Gasteiger partial charge in [0, 0.05) is 49.4 Å². The number of ether oxygens (including phenoxy) is 1. The summed E-state index contributed by atoms with van der Waals surface area (Å²) in [4.78, 5) is 23.1. The van der Waals surface area contributed by atoms with Crippen molar-refractivity contribution < 1.29 is 9.53 Å². The van der Waals surface area contributed by atoms with E-state index in [0.29, 0.717) is 18.9 Å². The monoisotopic (exact) mass is 354 g/mol. The first-order valence-electron chi connectivity index (χ1n) is 9.09. The molecule has 1 aliphatic heterocycles. The van der Waals surface area contributed by atoms with E-state index < -0.39 is 0 Å². The first-order chi connectivity index (χ1) is 12.7. The number of carbonyl (C=O) groups excluding carboxylic acids is 1. The zero-order chi connectivity index (χ0) is 18.4. The Labute approximate surface area is 154 Å². The number of piperidine rings is 1. The predicted molar refractivity (Wildman–Crippen MR) is 102 cm³/mol. The Morgan fingerprint density at radius 3 is 2.81 bits per heavy atom. The molecule has 0 unspecified atom stereocenters. The molecule has 1 fully saturated rings. The van der Waals surface area contributed by atoms with Gasteiger partial charge in [0.1, 0.15) is 5.82 Å². The molecule has 3 heterocycles. The highest BCUT2D eigenvalue weighted by atomic mass is 16.5. The van der Waals surface area contributed by atoms with Crippen LogP contribution >= 0.6 is 0 Å².